The lowest BCUT2D eigenvalue weighted by Gasteiger charge is -2.00. The molecule has 0 radical (unpaired) electrons. The van der Waals surface area contributed by atoms with Gasteiger partial charge in [-0.05, 0) is 22.0 Å². The molecule has 3 nitrogen and oxygen atoms in total. The third-order valence-corrected chi connectivity index (χ3v) is 4.21. The molecular weight excluding hydrogens is 286 g/mol. The van der Waals surface area contributed by atoms with E-state index in [0.29, 0.717) is 6.54 Å². The van der Waals surface area contributed by atoms with Crippen LogP contribution in [0.1, 0.15) is 4.88 Å². The van der Waals surface area contributed by atoms with E-state index in [1.165, 1.54) is 11.1 Å². The molecule has 0 aliphatic carbocycles. The minimum absolute atomic E-state index is 0.194. The van der Waals surface area contributed by atoms with Crippen molar-refractivity contribution in [3.05, 3.63) is 20.8 Å². The topological polar surface area (TPSA) is 46.2 Å². The van der Waals surface area contributed by atoms with E-state index in [-0.39, 0.29) is 5.75 Å². The molecule has 0 bridgehead atoms. The maximum atomic E-state index is 10.8. The van der Waals surface area contributed by atoms with Crippen LogP contribution in [0.25, 0.3) is 0 Å². The first-order valence-electron chi connectivity index (χ1n) is 4.09. The summed E-state index contributed by atoms with van der Waals surface area (Å²) in [5.74, 6) is 0.194. The Balaban J connectivity index is 2.23. The van der Waals surface area contributed by atoms with Crippen LogP contribution in [-0.4, -0.2) is 27.0 Å². The summed E-state index contributed by atoms with van der Waals surface area (Å²) in [6.45, 7) is 1.24. The number of rotatable bonds is 5. The lowest BCUT2D eigenvalue weighted by molar-refractivity contribution is 0.596. The van der Waals surface area contributed by atoms with E-state index >= 15 is 0 Å². The van der Waals surface area contributed by atoms with Crippen LogP contribution in [-0.2, 0) is 16.4 Å². The van der Waals surface area contributed by atoms with E-state index in [1.807, 2.05) is 11.4 Å². The Morgan fingerprint density at radius 3 is 2.79 bits per heavy atom. The van der Waals surface area contributed by atoms with Crippen LogP contribution in [0, 0.1) is 0 Å². The van der Waals surface area contributed by atoms with Gasteiger partial charge in [-0.25, -0.2) is 8.42 Å². The van der Waals surface area contributed by atoms with Gasteiger partial charge in [-0.2, -0.15) is 0 Å². The van der Waals surface area contributed by atoms with Crippen molar-refractivity contribution in [3.63, 3.8) is 0 Å². The van der Waals surface area contributed by atoms with Crippen molar-refractivity contribution in [1.29, 1.82) is 0 Å². The zero-order valence-electron chi connectivity index (χ0n) is 7.79. The van der Waals surface area contributed by atoms with Gasteiger partial charge in [0.05, 0.1) is 5.75 Å². The summed E-state index contributed by atoms with van der Waals surface area (Å²) < 4.78 is 22.7. The predicted octanol–water partition coefficient (Wildman–Crippen LogP) is 1.64. The zero-order chi connectivity index (χ0) is 10.6. The molecule has 0 amide bonds. The second kappa shape index (κ2) is 5.25. The molecule has 0 fully saturated rings. The second-order valence-corrected chi connectivity index (χ2v) is 7.21. The minimum Gasteiger partial charge on any atom is -0.311 e. The van der Waals surface area contributed by atoms with Gasteiger partial charge in [0.15, 0.2) is 0 Å². The fourth-order valence-corrected chi connectivity index (χ4v) is 2.85. The molecule has 1 aromatic rings. The standard InChI is InChI=1S/C8H12BrNO2S2/c1-14(11,12)3-2-10-5-8-4-7(9)6-13-8/h4,6,10H,2-3,5H2,1H3. The maximum absolute atomic E-state index is 10.8. The fourth-order valence-electron chi connectivity index (χ4n) is 0.916. The zero-order valence-corrected chi connectivity index (χ0v) is 11.0. The van der Waals surface area contributed by atoms with Crippen LogP contribution >= 0.6 is 27.3 Å². The van der Waals surface area contributed by atoms with Crippen LogP contribution in [0.4, 0.5) is 0 Å². The van der Waals surface area contributed by atoms with Gasteiger partial charge in [0.2, 0.25) is 0 Å². The Kier molecular flexibility index (Phi) is 4.56. The van der Waals surface area contributed by atoms with Crippen molar-refractivity contribution in [3.8, 4) is 0 Å². The highest BCUT2D eigenvalue weighted by Crippen LogP contribution is 2.19. The SMILES string of the molecule is CS(=O)(=O)CCNCc1cc(Br)cs1. The van der Waals surface area contributed by atoms with Crippen LogP contribution in [0.15, 0.2) is 15.9 Å². The number of halogens is 1. The molecule has 1 aromatic heterocycles. The van der Waals surface area contributed by atoms with Crippen LogP contribution in [0.2, 0.25) is 0 Å². The molecule has 0 saturated carbocycles. The smallest absolute Gasteiger partial charge is 0.148 e. The number of hydrogen-bond donors (Lipinski definition) is 1. The van der Waals surface area contributed by atoms with E-state index in [2.05, 4.69) is 21.2 Å². The predicted molar refractivity (Wildman–Crippen MR) is 63.4 cm³/mol. The molecule has 0 aliphatic heterocycles. The van der Waals surface area contributed by atoms with Gasteiger partial charge in [0.25, 0.3) is 0 Å². The van der Waals surface area contributed by atoms with E-state index in [1.54, 1.807) is 11.3 Å². The highest BCUT2D eigenvalue weighted by molar-refractivity contribution is 9.10. The Morgan fingerprint density at radius 2 is 2.29 bits per heavy atom. The summed E-state index contributed by atoms with van der Waals surface area (Å²) in [5.41, 5.74) is 0. The maximum Gasteiger partial charge on any atom is 0.148 e. The van der Waals surface area contributed by atoms with Gasteiger partial charge < -0.3 is 5.32 Å². The van der Waals surface area contributed by atoms with Gasteiger partial charge >= 0.3 is 0 Å². The van der Waals surface area contributed by atoms with E-state index in [9.17, 15) is 8.42 Å². The molecule has 6 heteroatoms. The Hall–Kier alpha value is 0.0900. The lowest BCUT2D eigenvalue weighted by Crippen LogP contribution is -2.21. The summed E-state index contributed by atoms with van der Waals surface area (Å²) in [5, 5.41) is 5.09. The van der Waals surface area contributed by atoms with Crippen LogP contribution in [0.5, 0.6) is 0 Å². The first-order valence-corrected chi connectivity index (χ1v) is 7.82. The average Bonchev–Trinajstić information content (AvgIpc) is 2.44. The molecule has 0 saturated heterocycles. The summed E-state index contributed by atoms with van der Waals surface area (Å²) >= 11 is 5.01. The molecule has 1 heterocycles. The summed E-state index contributed by atoms with van der Waals surface area (Å²) in [7, 11) is -2.84. The summed E-state index contributed by atoms with van der Waals surface area (Å²) in [6.07, 6.45) is 1.25. The number of sulfone groups is 1. The number of hydrogen-bond acceptors (Lipinski definition) is 4. The van der Waals surface area contributed by atoms with Crippen molar-refractivity contribution in [2.75, 3.05) is 18.6 Å². The molecule has 1 rings (SSSR count). The Labute approximate surface area is 96.6 Å². The monoisotopic (exact) mass is 297 g/mol. The minimum atomic E-state index is -2.84. The molecular formula is C8H12BrNO2S2. The Morgan fingerprint density at radius 1 is 1.57 bits per heavy atom. The highest BCUT2D eigenvalue weighted by atomic mass is 79.9. The summed E-state index contributed by atoms with van der Waals surface area (Å²) in [6, 6.07) is 2.03. The van der Waals surface area contributed by atoms with Crippen molar-refractivity contribution in [2.24, 2.45) is 0 Å². The fraction of sp³-hybridized carbons (Fsp3) is 0.500. The second-order valence-electron chi connectivity index (χ2n) is 3.04. The van der Waals surface area contributed by atoms with Crippen LogP contribution in [0.3, 0.4) is 0 Å². The van der Waals surface area contributed by atoms with Gasteiger partial charge in [-0.15, -0.1) is 11.3 Å². The lowest BCUT2D eigenvalue weighted by atomic mass is 10.4. The van der Waals surface area contributed by atoms with Gasteiger partial charge in [0.1, 0.15) is 9.84 Å². The van der Waals surface area contributed by atoms with E-state index in [4.69, 9.17) is 0 Å². The molecule has 1 N–H and O–H groups in total. The highest BCUT2D eigenvalue weighted by Gasteiger charge is 2.01. The van der Waals surface area contributed by atoms with Crippen LogP contribution < -0.4 is 5.32 Å². The van der Waals surface area contributed by atoms with Crippen molar-refractivity contribution in [2.45, 2.75) is 6.54 Å². The first-order chi connectivity index (χ1) is 6.47. The number of thiophene rings is 1. The van der Waals surface area contributed by atoms with Gasteiger partial charge in [-0.1, -0.05) is 0 Å². The van der Waals surface area contributed by atoms with E-state index in [0.717, 1.165) is 11.0 Å². The molecule has 80 valence electrons. The largest absolute Gasteiger partial charge is 0.311 e. The van der Waals surface area contributed by atoms with Crippen molar-refractivity contribution in [1.82, 2.24) is 5.32 Å². The molecule has 0 unspecified atom stereocenters. The van der Waals surface area contributed by atoms with Gasteiger partial charge in [0, 0.05) is 34.1 Å². The summed E-state index contributed by atoms with van der Waals surface area (Å²) in [4.78, 5) is 1.20. The molecule has 14 heavy (non-hydrogen) atoms. The molecule has 0 atom stereocenters. The molecule has 0 spiro atoms. The molecule has 0 aromatic carbocycles. The third-order valence-electron chi connectivity index (χ3n) is 1.57. The molecule has 0 aliphatic rings. The number of nitrogens with one attached hydrogen (secondary N) is 1. The Bertz CT molecular complexity index is 386. The van der Waals surface area contributed by atoms with E-state index < -0.39 is 9.84 Å². The quantitative estimate of drug-likeness (QED) is 0.841. The first kappa shape index (κ1) is 12.2. The average molecular weight is 298 g/mol. The normalized spacial score (nSPS) is 11.9. The van der Waals surface area contributed by atoms with Crippen molar-refractivity contribution >= 4 is 37.1 Å². The van der Waals surface area contributed by atoms with Gasteiger partial charge in [-0.3, -0.25) is 0 Å². The third kappa shape index (κ3) is 5.09. The van der Waals surface area contributed by atoms with Crippen molar-refractivity contribution < 1.29 is 8.42 Å².